The molecule has 1 N–H and O–H groups in total. The zero-order valence-corrected chi connectivity index (χ0v) is 18.2. The molecule has 4 nitrogen and oxygen atoms in total. The van der Waals surface area contributed by atoms with E-state index in [9.17, 15) is 9.18 Å². The number of nitrogens with zero attached hydrogens (tertiary/aromatic N) is 1. The lowest BCUT2D eigenvalue weighted by Crippen LogP contribution is -2.34. The van der Waals surface area contributed by atoms with E-state index in [4.69, 9.17) is 4.74 Å². The number of rotatable bonds is 7. The fraction of sp³-hybridized carbons (Fsp3) is 0.500. The van der Waals surface area contributed by atoms with Crippen molar-refractivity contribution >= 4 is 6.08 Å². The molecule has 0 spiro atoms. The van der Waals surface area contributed by atoms with Gasteiger partial charge in [-0.3, -0.25) is 9.69 Å². The maximum atomic E-state index is 13.8. The molecular weight excluding hydrogens is 391 g/mol. The van der Waals surface area contributed by atoms with Gasteiger partial charge in [-0.25, -0.2) is 4.39 Å². The van der Waals surface area contributed by atoms with Crippen LogP contribution in [0.2, 0.25) is 0 Å². The molecule has 0 bridgehead atoms. The molecule has 2 fully saturated rings. The van der Waals surface area contributed by atoms with Crippen molar-refractivity contribution in [1.82, 2.24) is 9.88 Å². The number of halogens is 1. The van der Waals surface area contributed by atoms with Crippen LogP contribution in [0.3, 0.4) is 0 Å². The Morgan fingerprint density at radius 3 is 2.68 bits per heavy atom. The summed E-state index contributed by atoms with van der Waals surface area (Å²) in [6.07, 6.45) is 14.4. The van der Waals surface area contributed by atoms with Gasteiger partial charge in [-0.15, -0.1) is 0 Å². The van der Waals surface area contributed by atoms with Crippen LogP contribution in [0.4, 0.5) is 4.39 Å². The van der Waals surface area contributed by atoms with Gasteiger partial charge in [0.05, 0.1) is 6.61 Å². The van der Waals surface area contributed by atoms with Crippen molar-refractivity contribution in [3.05, 3.63) is 69.9 Å². The minimum Gasteiger partial charge on any atom is -0.493 e. The number of benzene rings is 1. The van der Waals surface area contributed by atoms with E-state index in [-0.39, 0.29) is 11.4 Å². The highest BCUT2D eigenvalue weighted by Crippen LogP contribution is 2.28. The maximum absolute atomic E-state index is 13.8. The van der Waals surface area contributed by atoms with Gasteiger partial charge in [0, 0.05) is 29.9 Å². The lowest BCUT2D eigenvalue weighted by Gasteiger charge is -2.30. The minimum absolute atomic E-state index is 0.00147. The van der Waals surface area contributed by atoms with Gasteiger partial charge in [-0.2, -0.15) is 0 Å². The van der Waals surface area contributed by atoms with Crippen LogP contribution in [0, 0.1) is 17.7 Å². The van der Waals surface area contributed by atoms with E-state index in [0.29, 0.717) is 30.7 Å². The lowest BCUT2D eigenvalue weighted by atomic mass is 9.90. The Bertz CT molecular complexity index is 925. The monoisotopic (exact) mass is 424 g/mol. The van der Waals surface area contributed by atoms with Crippen LogP contribution in [0.1, 0.15) is 56.1 Å². The molecule has 4 rings (SSSR count). The number of hydrogen-bond acceptors (Lipinski definition) is 3. The predicted molar refractivity (Wildman–Crippen MR) is 123 cm³/mol. The van der Waals surface area contributed by atoms with Crippen molar-refractivity contribution < 1.29 is 9.13 Å². The molecule has 1 aliphatic carbocycles. The largest absolute Gasteiger partial charge is 0.493 e. The molecule has 0 amide bonds. The van der Waals surface area contributed by atoms with Gasteiger partial charge < -0.3 is 9.72 Å². The molecule has 1 saturated heterocycles. The number of allylic oxidation sites excluding steroid dienone is 1. The van der Waals surface area contributed by atoms with Crippen molar-refractivity contribution in [2.24, 2.45) is 11.8 Å². The lowest BCUT2D eigenvalue weighted by molar-refractivity contribution is 0.195. The quantitative estimate of drug-likeness (QED) is 0.647. The second-order valence-corrected chi connectivity index (χ2v) is 8.99. The highest BCUT2D eigenvalue weighted by atomic mass is 19.1. The Labute approximate surface area is 184 Å². The Balaban J connectivity index is 1.31. The van der Waals surface area contributed by atoms with Crippen LogP contribution in [0.15, 0.2) is 47.4 Å². The minimum atomic E-state index is -0.250. The number of likely N-dealkylation sites (tertiary alicyclic amines) is 1. The first-order valence-electron chi connectivity index (χ1n) is 11.7. The third kappa shape index (κ3) is 6.30. The van der Waals surface area contributed by atoms with Crippen LogP contribution in [0.5, 0.6) is 5.75 Å². The number of ether oxygens (including phenoxy) is 1. The Hall–Kier alpha value is -2.40. The van der Waals surface area contributed by atoms with E-state index in [1.165, 1.54) is 44.2 Å². The summed E-state index contributed by atoms with van der Waals surface area (Å²) in [7, 11) is 0. The number of aromatic amines is 1. The molecule has 2 aliphatic rings. The molecular formula is C26H33FN2O2. The summed E-state index contributed by atoms with van der Waals surface area (Å²) in [5, 5.41) is 0. The van der Waals surface area contributed by atoms with E-state index in [0.717, 1.165) is 37.1 Å². The van der Waals surface area contributed by atoms with Crippen LogP contribution in [-0.2, 0) is 6.54 Å². The van der Waals surface area contributed by atoms with Crippen LogP contribution >= 0.6 is 0 Å². The third-order valence-corrected chi connectivity index (χ3v) is 6.65. The number of nitrogens with one attached hydrogen (secondary N) is 1. The Morgan fingerprint density at radius 1 is 1.10 bits per heavy atom. The molecule has 0 unspecified atom stereocenters. The molecule has 0 radical (unpaired) electrons. The molecule has 1 aromatic heterocycles. The van der Waals surface area contributed by atoms with Gasteiger partial charge in [0.15, 0.2) is 0 Å². The fourth-order valence-electron chi connectivity index (χ4n) is 4.70. The van der Waals surface area contributed by atoms with Gasteiger partial charge >= 0.3 is 0 Å². The Morgan fingerprint density at radius 2 is 1.90 bits per heavy atom. The summed E-state index contributed by atoms with van der Waals surface area (Å²) in [6, 6.07) is 8.62. The van der Waals surface area contributed by atoms with E-state index in [2.05, 4.69) is 22.0 Å². The first-order valence-corrected chi connectivity index (χ1v) is 11.7. The first-order chi connectivity index (χ1) is 15.2. The summed E-state index contributed by atoms with van der Waals surface area (Å²) in [6.45, 7) is 3.32. The second-order valence-electron chi connectivity index (χ2n) is 8.99. The second kappa shape index (κ2) is 10.8. The molecule has 1 saturated carbocycles. The normalized spacial score (nSPS) is 19.1. The van der Waals surface area contributed by atoms with E-state index in [1.54, 1.807) is 6.20 Å². The van der Waals surface area contributed by atoms with E-state index in [1.807, 2.05) is 18.2 Å². The summed E-state index contributed by atoms with van der Waals surface area (Å²) < 4.78 is 19.9. The van der Waals surface area contributed by atoms with Crippen molar-refractivity contribution in [2.75, 3.05) is 19.7 Å². The molecule has 2 heterocycles. The molecule has 5 heteroatoms. The van der Waals surface area contributed by atoms with Gasteiger partial charge in [-0.05, 0) is 68.8 Å². The molecule has 166 valence electrons. The third-order valence-electron chi connectivity index (χ3n) is 6.65. The number of pyridine rings is 1. The number of H-pyrrole nitrogens is 1. The van der Waals surface area contributed by atoms with Crippen LogP contribution in [0.25, 0.3) is 6.08 Å². The summed E-state index contributed by atoms with van der Waals surface area (Å²) in [5.74, 6) is 1.49. The van der Waals surface area contributed by atoms with Crippen LogP contribution < -0.4 is 10.3 Å². The van der Waals surface area contributed by atoms with Crippen molar-refractivity contribution in [3.8, 4) is 5.75 Å². The predicted octanol–water partition coefficient (Wildman–Crippen LogP) is 5.40. The highest BCUT2D eigenvalue weighted by Gasteiger charge is 2.19. The molecule has 1 aromatic carbocycles. The van der Waals surface area contributed by atoms with Gasteiger partial charge in [0.25, 0.3) is 5.56 Å². The first kappa shape index (κ1) is 21.8. The number of piperidine rings is 1. The summed E-state index contributed by atoms with van der Waals surface area (Å²) in [5.41, 5.74) is 1.78. The van der Waals surface area contributed by atoms with E-state index >= 15 is 0 Å². The highest BCUT2D eigenvalue weighted by molar-refractivity contribution is 5.57. The molecule has 31 heavy (non-hydrogen) atoms. The van der Waals surface area contributed by atoms with Crippen molar-refractivity contribution in [1.29, 1.82) is 0 Å². The molecule has 1 aliphatic heterocycles. The average Bonchev–Trinajstić information content (AvgIpc) is 2.80. The summed E-state index contributed by atoms with van der Waals surface area (Å²) in [4.78, 5) is 17.0. The van der Waals surface area contributed by atoms with Gasteiger partial charge in [-0.1, -0.05) is 37.5 Å². The van der Waals surface area contributed by atoms with E-state index < -0.39 is 0 Å². The number of aromatic nitrogens is 1. The van der Waals surface area contributed by atoms with Crippen molar-refractivity contribution in [3.63, 3.8) is 0 Å². The summed E-state index contributed by atoms with van der Waals surface area (Å²) >= 11 is 0. The topological polar surface area (TPSA) is 45.3 Å². The van der Waals surface area contributed by atoms with Crippen molar-refractivity contribution in [2.45, 2.75) is 51.5 Å². The maximum Gasteiger partial charge on any atom is 0.252 e. The van der Waals surface area contributed by atoms with Gasteiger partial charge in [0.2, 0.25) is 0 Å². The average molecular weight is 425 g/mol. The molecule has 0 atom stereocenters. The Kier molecular flexibility index (Phi) is 7.57. The standard InChI is InChI=1S/C26H33FN2O2/c27-24-11-10-22(25(17-24)31-19-21-5-2-1-3-6-21)9-8-20-12-15-29(16-13-20)18-23-7-4-14-28-26(23)30/h4,7-11,14,17,20-21H,1-3,5-6,12-13,15-16,18-19H2,(H,28,30). The SMILES string of the molecule is O=c1[nH]cccc1CN1CCC(C=Cc2ccc(F)cc2OCC2CCCCC2)CC1. The number of hydrogen-bond donors (Lipinski definition) is 1. The smallest absolute Gasteiger partial charge is 0.252 e. The molecule has 2 aromatic rings. The van der Waals surface area contributed by atoms with Crippen LogP contribution in [-0.4, -0.2) is 29.6 Å². The fourth-order valence-corrected chi connectivity index (χ4v) is 4.70. The zero-order valence-electron chi connectivity index (χ0n) is 18.2. The van der Waals surface area contributed by atoms with Gasteiger partial charge in [0.1, 0.15) is 11.6 Å². The zero-order chi connectivity index (χ0) is 21.5.